The second-order valence-corrected chi connectivity index (χ2v) is 6.05. The van der Waals surface area contributed by atoms with Crippen molar-refractivity contribution in [3.8, 4) is 5.75 Å². The fraction of sp³-hybridized carbons (Fsp3) is 0.611. The first-order valence-corrected chi connectivity index (χ1v) is 8.57. The fourth-order valence-electron chi connectivity index (χ4n) is 2.79. The lowest BCUT2D eigenvalue weighted by atomic mass is 9.96. The molecule has 6 heteroatoms. The van der Waals surface area contributed by atoms with Crippen LogP contribution in [0.3, 0.4) is 0 Å². The number of rotatable bonds is 7. The molecule has 1 fully saturated rings. The lowest BCUT2D eigenvalue weighted by Crippen LogP contribution is -2.41. The smallest absolute Gasteiger partial charge is 0.193 e. The van der Waals surface area contributed by atoms with E-state index in [0.717, 1.165) is 50.9 Å². The predicted molar refractivity (Wildman–Crippen MR) is 94.0 cm³/mol. The summed E-state index contributed by atoms with van der Waals surface area (Å²) in [5, 5.41) is 3.27. The van der Waals surface area contributed by atoms with Crippen LogP contribution in [0.1, 0.15) is 19.3 Å². The molecule has 5 nitrogen and oxygen atoms in total. The molecule has 0 spiro atoms. The van der Waals surface area contributed by atoms with E-state index in [1.807, 2.05) is 7.05 Å². The number of halogens is 1. The molecule has 1 aliphatic heterocycles. The third-order valence-electron chi connectivity index (χ3n) is 4.24. The molecule has 134 valence electrons. The SMILES string of the molecule is CN=C(NCCOc1cccc(F)c1)N(C)CCC1CCOCC1. The maximum absolute atomic E-state index is 13.1. The largest absolute Gasteiger partial charge is 0.492 e. The number of aliphatic imine (C=N–C) groups is 1. The predicted octanol–water partition coefficient (Wildman–Crippen LogP) is 2.53. The van der Waals surface area contributed by atoms with Gasteiger partial charge in [-0.15, -0.1) is 0 Å². The zero-order valence-electron chi connectivity index (χ0n) is 14.6. The van der Waals surface area contributed by atoms with Crippen LogP contribution < -0.4 is 10.1 Å². The molecular weight excluding hydrogens is 309 g/mol. The Kier molecular flexibility index (Phi) is 7.82. The number of nitrogens with zero attached hydrogens (tertiary/aromatic N) is 2. The summed E-state index contributed by atoms with van der Waals surface area (Å²) >= 11 is 0. The summed E-state index contributed by atoms with van der Waals surface area (Å²) in [5.74, 6) is 1.85. The van der Waals surface area contributed by atoms with Crippen molar-refractivity contribution in [2.75, 3.05) is 47.0 Å². The van der Waals surface area contributed by atoms with Gasteiger partial charge >= 0.3 is 0 Å². The molecule has 2 rings (SSSR count). The third kappa shape index (κ3) is 6.35. The maximum atomic E-state index is 13.1. The van der Waals surface area contributed by atoms with Crippen LogP contribution in [-0.2, 0) is 4.74 Å². The first kappa shape index (κ1) is 18.5. The second kappa shape index (κ2) is 10.1. The molecule has 0 bridgehead atoms. The van der Waals surface area contributed by atoms with Crippen molar-refractivity contribution in [1.29, 1.82) is 0 Å². The van der Waals surface area contributed by atoms with Gasteiger partial charge in [0, 0.05) is 39.9 Å². The van der Waals surface area contributed by atoms with E-state index in [-0.39, 0.29) is 5.82 Å². The molecule has 1 aliphatic rings. The molecule has 0 atom stereocenters. The molecule has 0 aliphatic carbocycles. The van der Waals surface area contributed by atoms with Crippen molar-refractivity contribution in [2.45, 2.75) is 19.3 Å². The highest BCUT2D eigenvalue weighted by molar-refractivity contribution is 5.79. The van der Waals surface area contributed by atoms with Crippen molar-refractivity contribution in [3.05, 3.63) is 30.1 Å². The summed E-state index contributed by atoms with van der Waals surface area (Å²) in [5.41, 5.74) is 0. The fourth-order valence-corrected chi connectivity index (χ4v) is 2.79. The minimum atomic E-state index is -0.288. The summed E-state index contributed by atoms with van der Waals surface area (Å²) in [4.78, 5) is 6.44. The lowest BCUT2D eigenvalue weighted by Gasteiger charge is -2.26. The maximum Gasteiger partial charge on any atom is 0.193 e. The van der Waals surface area contributed by atoms with Gasteiger partial charge in [0.1, 0.15) is 18.2 Å². The van der Waals surface area contributed by atoms with E-state index in [0.29, 0.717) is 18.9 Å². The van der Waals surface area contributed by atoms with Gasteiger partial charge in [-0.1, -0.05) is 6.07 Å². The van der Waals surface area contributed by atoms with Crippen molar-refractivity contribution in [2.24, 2.45) is 10.9 Å². The van der Waals surface area contributed by atoms with E-state index >= 15 is 0 Å². The molecule has 0 unspecified atom stereocenters. The minimum absolute atomic E-state index is 0.288. The first-order chi connectivity index (χ1) is 11.7. The highest BCUT2D eigenvalue weighted by Crippen LogP contribution is 2.18. The molecule has 1 saturated heterocycles. The van der Waals surface area contributed by atoms with E-state index in [1.54, 1.807) is 19.2 Å². The zero-order chi connectivity index (χ0) is 17.2. The van der Waals surface area contributed by atoms with Gasteiger partial charge in [-0.2, -0.15) is 0 Å². The molecule has 0 amide bonds. The Bertz CT molecular complexity index is 519. The average Bonchev–Trinajstić information content (AvgIpc) is 2.61. The Balaban J connectivity index is 1.65. The summed E-state index contributed by atoms with van der Waals surface area (Å²) in [6, 6.07) is 6.17. The molecule has 0 saturated carbocycles. The van der Waals surface area contributed by atoms with Crippen LogP contribution in [0.15, 0.2) is 29.3 Å². The Morgan fingerprint density at radius 1 is 1.42 bits per heavy atom. The van der Waals surface area contributed by atoms with Crippen LogP contribution >= 0.6 is 0 Å². The number of guanidine groups is 1. The van der Waals surface area contributed by atoms with Crippen LogP contribution in [0.4, 0.5) is 4.39 Å². The van der Waals surface area contributed by atoms with Gasteiger partial charge in [0.15, 0.2) is 5.96 Å². The van der Waals surface area contributed by atoms with E-state index in [1.165, 1.54) is 12.1 Å². The highest BCUT2D eigenvalue weighted by atomic mass is 19.1. The quantitative estimate of drug-likeness (QED) is 0.472. The van der Waals surface area contributed by atoms with Gasteiger partial charge < -0.3 is 19.7 Å². The van der Waals surface area contributed by atoms with E-state index in [4.69, 9.17) is 9.47 Å². The minimum Gasteiger partial charge on any atom is -0.492 e. The van der Waals surface area contributed by atoms with Gasteiger partial charge in [0.2, 0.25) is 0 Å². The van der Waals surface area contributed by atoms with Crippen LogP contribution in [0.2, 0.25) is 0 Å². The topological polar surface area (TPSA) is 46.1 Å². The summed E-state index contributed by atoms with van der Waals surface area (Å²) in [6.07, 6.45) is 3.46. The third-order valence-corrected chi connectivity index (χ3v) is 4.24. The Morgan fingerprint density at radius 3 is 2.92 bits per heavy atom. The van der Waals surface area contributed by atoms with Crippen molar-refractivity contribution in [3.63, 3.8) is 0 Å². The number of benzene rings is 1. The standard InChI is InChI=1S/C18H28FN3O2/c1-20-18(22(2)10-6-15-7-11-23-12-8-15)21-9-13-24-17-5-3-4-16(19)14-17/h3-5,14-15H,6-13H2,1-2H3,(H,20,21). The van der Waals surface area contributed by atoms with Gasteiger partial charge in [0.05, 0.1) is 6.54 Å². The average molecular weight is 337 g/mol. The Hall–Kier alpha value is -1.82. The Labute approximate surface area is 143 Å². The zero-order valence-corrected chi connectivity index (χ0v) is 14.6. The van der Waals surface area contributed by atoms with Crippen LogP contribution in [-0.4, -0.2) is 57.9 Å². The lowest BCUT2D eigenvalue weighted by molar-refractivity contribution is 0.0625. The number of nitrogens with one attached hydrogen (secondary N) is 1. The first-order valence-electron chi connectivity index (χ1n) is 8.57. The number of hydrogen-bond acceptors (Lipinski definition) is 3. The molecule has 1 aromatic rings. The highest BCUT2D eigenvalue weighted by Gasteiger charge is 2.15. The van der Waals surface area contributed by atoms with Gasteiger partial charge in [0.25, 0.3) is 0 Å². The van der Waals surface area contributed by atoms with Gasteiger partial charge in [-0.05, 0) is 37.3 Å². The summed E-state index contributed by atoms with van der Waals surface area (Å²) in [6.45, 7) is 3.81. The summed E-state index contributed by atoms with van der Waals surface area (Å²) < 4.78 is 24.0. The Morgan fingerprint density at radius 2 is 2.21 bits per heavy atom. The molecule has 0 radical (unpaired) electrons. The monoisotopic (exact) mass is 337 g/mol. The molecule has 1 N–H and O–H groups in total. The molecule has 1 aromatic carbocycles. The van der Waals surface area contributed by atoms with Crippen molar-refractivity contribution in [1.82, 2.24) is 10.2 Å². The van der Waals surface area contributed by atoms with E-state index < -0.39 is 0 Å². The number of hydrogen-bond donors (Lipinski definition) is 1. The van der Waals surface area contributed by atoms with Crippen LogP contribution in [0, 0.1) is 11.7 Å². The van der Waals surface area contributed by atoms with Crippen LogP contribution in [0.25, 0.3) is 0 Å². The van der Waals surface area contributed by atoms with Crippen molar-refractivity contribution >= 4 is 5.96 Å². The van der Waals surface area contributed by atoms with Gasteiger partial charge in [-0.25, -0.2) is 4.39 Å². The summed E-state index contributed by atoms with van der Waals surface area (Å²) in [7, 11) is 3.82. The van der Waals surface area contributed by atoms with E-state index in [2.05, 4.69) is 15.2 Å². The van der Waals surface area contributed by atoms with E-state index in [9.17, 15) is 4.39 Å². The van der Waals surface area contributed by atoms with Crippen LogP contribution in [0.5, 0.6) is 5.75 Å². The second-order valence-electron chi connectivity index (χ2n) is 6.05. The molecule has 1 heterocycles. The van der Waals surface area contributed by atoms with Crippen molar-refractivity contribution < 1.29 is 13.9 Å². The molecule has 24 heavy (non-hydrogen) atoms. The molecular formula is C18H28FN3O2. The normalized spacial score (nSPS) is 16.0. The van der Waals surface area contributed by atoms with Gasteiger partial charge in [-0.3, -0.25) is 4.99 Å². The number of ether oxygens (including phenoxy) is 2. The molecule has 0 aromatic heterocycles.